The summed E-state index contributed by atoms with van der Waals surface area (Å²) in [6.07, 6.45) is 1.90. The molecule has 0 saturated carbocycles. The van der Waals surface area contributed by atoms with Crippen LogP contribution in [-0.4, -0.2) is 30.1 Å². The smallest absolute Gasteiger partial charge is 0.314 e. The molecule has 0 aliphatic carbocycles. The Kier molecular flexibility index (Phi) is 4.31. The molecule has 2 amide bonds. The van der Waals surface area contributed by atoms with E-state index < -0.39 is 0 Å². The van der Waals surface area contributed by atoms with Gasteiger partial charge in [-0.3, -0.25) is 0 Å². The topological polar surface area (TPSA) is 58.4 Å². The number of primary amides is 1. The van der Waals surface area contributed by atoms with Gasteiger partial charge in [-0.2, -0.15) is 0 Å². The van der Waals surface area contributed by atoms with Gasteiger partial charge in [0.15, 0.2) is 0 Å². The molecule has 2 rings (SSSR count). The fraction of sp³-hybridized carbons (Fsp3) is 0.462. The lowest BCUT2D eigenvalue weighted by Crippen LogP contribution is -2.44. The van der Waals surface area contributed by atoms with Crippen molar-refractivity contribution in [3.05, 3.63) is 27.3 Å². The van der Waals surface area contributed by atoms with Crippen LogP contribution in [0, 0.1) is 10.5 Å². The van der Waals surface area contributed by atoms with E-state index in [1.54, 1.807) is 4.90 Å². The number of nitrogens with two attached hydrogens (primary N) is 1. The van der Waals surface area contributed by atoms with Gasteiger partial charge in [-0.25, -0.2) is 4.79 Å². The molecule has 5 heteroatoms. The van der Waals surface area contributed by atoms with E-state index in [1.807, 2.05) is 0 Å². The van der Waals surface area contributed by atoms with E-state index in [9.17, 15) is 4.79 Å². The number of urea groups is 1. The second-order valence-corrected chi connectivity index (χ2v) is 5.87. The van der Waals surface area contributed by atoms with Crippen LogP contribution in [0.2, 0.25) is 0 Å². The highest BCUT2D eigenvalue weighted by molar-refractivity contribution is 14.1. The Morgan fingerprint density at radius 3 is 2.67 bits per heavy atom. The molecule has 0 atom stereocenters. The van der Waals surface area contributed by atoms with Crippen molar-refractivity contribution in [3.8, 4) is 0 Å². The van der Waals surface area contributed by atoms with Crippen LogP contribution in [-0.2, 0) is 0 Å². The molecule has 0 bridgehead atoms. The van der Waals surface area contributed by atoms with Gasteiger partial charge in [0, 0.05) is 28.4 Å². The first-order valence-electron chi connectivity index (χ1n) is 6.13. The van der Waals surface area contributed by atoms with E-state index in [0.29, 0.717) is 6.04 Å². The standard InChI is InChI=1S/C13H18IN3O/c1-9-2-3-11(8-12(9)14)16-10-4-6-17(7-5-10)13(15)18/h2-3,8,10,16H,4-7H2,1H3,(H2,15,18). The van der Waals surface area contributed by atoms with Crippen LogP contribution in [0.1, 0.15) is 18.4 Å². The molecule has 0 radical (unpaired) electrons. The molecule has 1 saturated heterocycles. The van der Waals surface area contributed by atoms with Gasteiger partial charge in [0.25, 0.3) is 0 Å². The number of anilines is 1. The number of likely N-dealkylation sites (tertiary alicyclic amines) is 1. The summed E-state index contributed by atoms with van der Waals surface area (Å²) in [5.74, 6) is 0. The quantitative estimate of drug-likeness (QED) is 0.798. The third kappa shape index (κ3) is 3.28. The monoisotopic (exact) mass is 359 g/mol. The van der Waals surface area contributed by atoms with Gasteiger partial charge in [-0.1, -0.05) is 6.07 Å². The van der Waals surface area contributed by atoms with Crippen molar-refractivity contribution in [2.24, 2.45) is 5.73 Å². The number of aryl methyl sites for hydroxylation is 1. The van der Waals surface area contributed by atoms with Gasteiger partial charge in [0.1, 0.15) is 0 Å². The van der Waals surface area contributed by atoms with Gasteiger partial charge in [0.05, 0.1) is 0 Å². The zero-order valence-corrected chi connectivity index (χ0v) is 12.6. The Hall–Kier alpha value is -0.980. The summed E-state index contributed by atoms with van der Waals surface area (Å²) in [7, 11) is 0. The van der Waals surface area contributed by atoms with Crippen molar-refractivity contribution >= 4 is 34.3 Å². The molecule has 0 spiro atoms. The first kappa shape index (κ1) is 13.5. The maximum absolute atomic E-state index is 11.0. The maximum atomic E-state index is 11.0. The Labute approximate surface area is 121 Å². The summed E-state index contributed by atoms with van der Waals surface area (Å²) in [4.78, 5) is 12.7. The molecule has 1 aliphatic heterocycles. The predicted octanol–water partition coefficient (Wildman–Crippen LogP) is 2.55. The minimum atomic E-state index is -0.307. The van der Waals surface area contributed by atoms with E-state index in [-0.39, 0.29) is 6.03 Å². The van der Waals surface area contributed by atoms with Crippen LogP contribution in [0.15, 0.2) is 18.2 Å². The van der Waals surface area contributed by atoms with Gasteiger partial charge in [-0.05, 0) is 60.1 Å². The SMILES string of the molecule is Cc1ccc(NC2CCN(C(N)=O)CC2)cc1I. The summed E-state index contributed by atoms with van der Waals surface area (Å²) in [6, 6.07) is 6.52. The summed E-state index contributed by atoms with van der Waals surface area (Å²) in [6.45, 7) is 3.60. The highest BCUT2D eigenvalue weighted by Crippen LogP contribution is 2.20. The van der Waals surface area contributed by atoms with E-state index >= 15 is 0 Å². The first-order chi connectivity index (χ1) is 8.56. The van der Waals surface area contributed by atoms with Gasteiger partial charge < -0.3 is 16.0 Å². The Balaban J connectivity index is 1.91. The van der Waals surface area contributed by atoms with Crippen molar-refractivity contribution < 1.29 is 4.79 Å². The minimum absolute atomic E-state index is 0.307. The van der Waals surface area contributed by atoms with Crippen LogP contribution in [0.4, 0.5) is 10.5 Å². The second kappa shape index (κ2) is 5.77. The summed E-state index contributed by atoms with van der Waals surface area (Å²) in [5, 5.41) is 3.52. The van der Waals surface area contributed by atoms with Gasteiger partial charge in [-0.15, -0.1) is 0 Å². The molecule has 1 aliphatic rings. The number of benzene rings is 1. The number of nitrogens with zero attached hydrogens (tertiary/aromatic N) is 1. The normalized spacial score (nSPS) is 16.7. The average Bonchev–Trinajstić information content (AvgIpc) is 2.34. The predicted molar refractivity (Wildman–Crippen MR) is 81.7 cm³/mol. The molecule has 0 unspecified atom stereocenters. The number of hydrogen-bond donors (Lipinski definition) is 2. The van der Waals surface area contributed by atoms with Crippen LogP contribution in [0.3, 0.4) is 0 Å². The number of rotatable bonds is 2. The zero-order chi connectivity index (χ0) is 13.1. The van der Waals surface area contributed by atoms with Crippen molar-refractivity contribution in [1.82, 2.24) is 4.90 Å². The summed E-state index contributed by atoms with van der Waals surface area (Å²) >= 11 is 2.35. The second-order valence-electron chi connectivity index (χ2n) is 4.71. The van der Waals surface area contributed by atoms with E-state index in [4.69, 9.17) is 5.73 Å². The maximum Gasteiger partial charge on any atom is 0.314 e. The number of nitrogens with one attached hydrogen (secondary N) is 1. The molecule has 3 N–H and O–H groups in total. The Bertz CT molecular complexity index is 442. The van der Waals surface area contributed by atoms with Crippen LogP contribution in [0.25, 0.3) is 0 Å². The van der Waals surface area contributed by atoms with Crippen molar-refractivity contribution in [2.45, 2.75) is 25.8 Å². The molecule has 1 aromatic carbocycles. The lowest BCUT2D eigenvalue weighted by atomic mass is 10.0. The van der Waals surface area contributed by atoms with E-state index in [1.165, 1.54) is 9.13 Å². The number of carbonyl (C=O) groups is 1. The zero-order valence-electron chi connectivity index (χ0n) is 10.4. The molecule has 1 fully saturated rings. The van der Waals surface area contributed by atoms with E-state index in [0.717, 1.165) is 31.6 Å². The van der Waals surface area contributed by atoms with E-state index in [2.05, 4.69) is 53.0 Å². The van der Waals surface area contributed by atoms with Gasteiger partial charge >= 0.3 is 6.03 Å². The van der Waals surface area contributed by atoms with Gasteiger partial charge in [0.2, 0.25) is 0 Å². The van der Waals surface area contributed by atoms with Crippen LogP contribution >= 0.6 is 22.6 Å². The molecule has 1 heterocycles. The fourth-order valence-corrected chi connectivity index (χ4v) is 2.68. The molecule has 18 heavy (non-hydrogen) atoms. The first-order valence-corrected chi connectivity index (χ1v) is 7.21. The van der Waals surface area contributed by atoms with Crippen molar-refractivity contribution in [3.63, 3.8) is 0 Å². The lowest BCUT2D eigenvalue weighted by molar-refractivity contribution is 0.193. The van der Waals surface area contributed by atoms with Crippen LogP contribution < -0.4 is 11.1 Å². The molecular formula is C13H18IN3O. The van der Waals surface area contributed by atoms with Crippen LogP contribution in [0.5, 0.6) is 0 Å². The number of halogens is 1. The summed E-state index contributed by atoms with van der Waals surface area (Å²) < 4.78 is 1.27. The largest absolute Gasteiger partial charge is 0.382 e. The lowest BCUT2D eigenvalue weighted by Gasteiger charge is -2.31. The number of hydrogen-bond acceptors (Lipinski definition) is 2. The number of piperidine rings is 1. The minimum Gasteiger partial charge on any atom is -0.382 e. The van der Waals surface area contributed by atoms with Crippen molar-refractivity contribution in [2.75, 3.05) is 18.4 Å². The molecule has 98 valence electrons. The fourth-order valence-electron chi connectivity index (χ4n) is 2.16. The number of carbonyl (C=O) groups excluding carboxylic acids is 1. The molecule has 4 nitrogen and oxygen atoms in total. The Morgan fingerprint density at radius 2 is 2.11 bits per heavy atom. The number of amides is 2. The average molecular weight is 359 g/mol. The molecule has 1 aromatic rings. The highest BCUT2D eigenvalue weighted by atomic mass is 127. The third-order valence-corrected chi connectivity index (χ3v) is 4.51. The molecular weight excluding hydrogens is 341 g/mol. The summed E-state index contributed by atoms with van der Waals surface area (Å²) in [5.41, 5.74) is 7.72. The Morgan fingerprint density at radius 1 is 1.44 bits per heavy atom. The third-order valence-electron chi connectivity index (χ3n) is 3.35. The highest BCUT2D eigenvalue weighted by Gasteiger charge is 2.20. The van der Waals surface area contributed by atoms with Crippen molar-refractivity contribution in [1.29, 1.82) is 0 Å². The molecule has 0 aromatic heterocycles.